The van der Waals surface area contributed by atoms with Gasteiger partial charge in [-0.15, -0.1) is 0 Å². The summed E-state index contributed by atoms with van der Waals surface area (Å²) >= 11 is 0. The lowest BCUT2D eigenvalue weighted by molar-refractivity contribution is 0.369. The van der Waals surface area contributed by atoms with Gasteiger partial charge < -0.3 is 13.9 Å². The molecular weight excluding hydrogens is 263 g/mol. The molecule has 6 heteroatoms. The summed E-state index contributed by atoms with van der Waals surface area (Å²) in [6.45, 7) is 0. The molecule has 1 aromatic carbocycles. The van der Waals surface area contributed by atoms with Gasteiger partial charge in [-0.05, 0) is 18.2 Å². The molecule has 0 fully saturated rings. The van der Waals surface area contributed by atoms with Gasteiger partial charge in [-0.3, -0.25) is 0 Å². The smallest absolute Gasteiger partial charge is 0.250 e. The Labute approximate surface area is 114 Å². The van der Waals surface area contributed by atoms with E-state index in [0.29, 0.717) is 28.3 Å². The Morgan fingerprint density at radius 1 is 1.15 bits per heavy atom. The maximum atomic E-state index is 13.6. The van der Waals surface area contributed by atoms with Crippen molar-refractivity contribution < 1.29 is 18.3 Å². The molecule has 0 spiro atoms. The third kappa shape index (κ3) is 2.05. The van der Waals surface area contributed by atoms with Gasteiger partial charge in [0.15, 0.2) is 11.4 Å². The summed E-state index contributed by atoms with van der Waals surface area (Å²) < 4.78 is 29.1. The molecule has 0 unspecified atom stereocenters. The van der Waals surface area contributed by atoms with Crippen LogP contribution in [0.2, 0.25) is 0 Å². The van der Waals surface area contributed by atoms with Crippen molar-refractivity contribution in [1.29, 1.82) is 0 Å². The van der Waals surface area contributed by atoms with Crippen molar-refractivity contribution in [3.8, 4) is 23.1 Å². The first kappa shape index (κ1) is 12.4. The number of methoxy groups -OCH3 is 2. The monoisotopic (exact) mass is 274 g/mol. The molecule has 0 aliphatic rings. The highest BCUT2D eigenvalue weighted by atomic mass is 19.1. The van der Waals surface area contributed by atoms with Crippen LogP contribution in [0.4, 0.5) is 4.39 Å². The average Bonchev–Trinajstić information content (AvgIpc) is 2.89. The highest BCUT2D eigenvalue weighted by Gasteiger charge is 2.12. The number of hydrogen-bond donors (Lipinski definition) is 0. The van der Waals surface area contributed by atoms with Gasteiger partial charge in [0.05, 0.1) is 19.8 Å². The molecule has 0 saturated carbocycles. The molecule has 2 aromatic heterocycles. The number of benzene rings is 1. The van der Waals surface area contributed by atoms with Crippen molar-refractivity contribution in [2.24, 2.45) is 0 Å². The minimum absolute atomic E-state index is 0.0634. The zero-order valence-electron chi connectivity index (χ0n) is 10.9. The molecule has 0 aliphatic carbocycles. The zero-order valence-corrected chi connectivity index (χ0v) is 10.9. The predicted molar refractivity (Wildman–Crippen MR) is 70.3 cm³/mol. The minimum atomic E-state index is -0.565. The van der Waals surface area contributed by atoms with Gasteiger partial charge >= 0.3 is 0 Å². The number of aromatic nitrogens is 2. The second-order valence-corrected chi connectivity index (χ2v) is 4.07. The third-order valence-corrected chi connectivity index (χ3v) is 2.84. The number of halogens is 1. The van der Waals surface area contributed by atoms with Crippen molar-refractivity contribution in [2.75, 3.05) is 14.2 Å². The number of fused-ring (bicyclic) bond motifs is 1. The molecule has 0 atom stereocenters. The van der Waals surface area contributed by atoms with E-state index in [-0.39, 0.29) is 5.88 Å². The van der Waals surface area contributed by atoms with Gasteiger partial charge in [-0.25, -0.2) is 14.4 Å². The van der Waals surface area contributed by atoms with Gasteiger partial charge in [0, 0.05) is 12.3 Å². The Bertz CT molecular complexity index is 770. The topological polar surface area (TPSA) is 57.4 Å². The standard InChI is InChI=1S/C14H11FN2O3/c1-18-9-3-4-11-12(6-9)20-13(17-11)8-5-10(15)14(19-2)16-7-8/h3-7H,1-2H3. The summed E-state index contributed by atoms with van der Waals surface area (Å²) in [6.07, 6.45) is 1.45. The van der Waals surface area contributed by atoms with Gasteiger partial charge in [0.25, 0.3) is 0 Å². The van der Waals surface area contributed by atoms with E-state index >= 15 is 0 Å². The Morgan fingerprint density at radius 2 is 2.00 bits per heavy atom. The summed E-state index contributed by atoms with van der Waals surface area (Å²) in [5.74, 6) is 0.331. The lowest BCUT2D eigenvalue weighted by atomic mass is 10.3. The first-order valence-corrected chi connectivity index (χ1v) is 5.86. The van der Waals surface area contributed by atoms with Crippen LogP contribution in [0.15, 0.2) is 34.9 Å². The van der Waals surface area contributed by atoms with Gasteiger partial charge in [0.2, 0.25) is 11.8 Å². The number of oxazole rings is 1. The van der Waals surface area contributed by atoms with E-state index < -0.39 is 5.82 Å². The number of hydrogen-bond acceptors (Lipinski definition) is 5. The Balaban J connectivity index is 2.07. The normalized spacial score (nSPS) is 10.8. The molecule has 3 rings (SSSR count). The van der Waals surface area contributed by atoms with Crippen LogP contribution < -0.4 is 9.47 Å². The first-order chi connectivity index (χ1) is 9.71. The summed E-state index contributed by atoms with van der Waals surface area (Å²) in [5, 5.41) is 0. The zero-order chi connectivity index (χ0) is 14.1. The molecule has 0 amide bonds. The predicted octanol–water partition coefficient (Wildman–Crippen LogP) is 3.05. The minimum Gasteiger partial charge on any atom is -0.497 e. The molecule has 0 radical (unpaired) electrons. The van der Waals surface area contributed by atoms with Gasteiger partial charge in [0.1, 0.15) is 11.3 Å². The Hall–Kier alpha value is -2.63. The molecule has 3 aromatic rings. The number of rotatable bonds is 3. The maximum absolute atomic E-state index is 13.6. The van der Waals surface area contributed by atoms with E-state index in [9.17, 15) is 4.39 Å². The van der Waals surface area contributed by atoms with E-state index in [0.717, 1.165) is 0 Å². The quantitative estimate of drug-likeness (QED) is 0.734. The summed E-state index contributed by atoms with van der Waals surface area (Å²) in [6, 6.07) is 6.54. The first-order valence-electron chi connectivity index (χ1n) is 5.86. The van der Waals surface area contributed by atoms with E-state index in [1.807, 2.05) is 0 Å². The van der Waals surface area contributed by atoms with Crippen LogP contribution in [-0.2, 0) is 0 Å². The fraction of sp³-hybridized carbons (Fsp3) is 0.143. The highest BCUT2D eigenvalue weighted by Crippen LogP contribution is 2.28. The average molecular weight is 274 g/mol. The van der Waals surface area contributed by atoms with E-state index in [4.69, 9.17) is 13.9 Å². The number of ether oxygens (including phenoxy) is 2. The summed E-state index contributed by atoms with van der Waals surface area (Å²) in [7, 11) is 2.93. The van der Waals surface area contributed by atoms with Crippen molar-refractivity contribution in [3.05, 3.63) is 36.3 Å². The summed E-state index contributed by atoms with van der Waals surface area (Å²) in [4.78, 5) is 8.14. The van der Waals surface area contributed by atoms with E-state index in [2.05, 4.69) is 9.97 Å². The molecule has 0 bridgehead atoms. The van der Waals surface area contributed by atoms with Crippen molar-refractivity contribution in [1.82, 2.24) is 9.97 Å². The van der Waals surface area contributed by atoms with Crippen LogP contribution in [0, 0.1) is 5.82 Å². The van der Waals surface area contributed by atoms with E-state index in [1.54, 1.807) is 25.3 Å². The van der Waals surface area contributed by atoms with Crippen LogP contribution in [-0.4, -0.2) is 24.2 Å². The lowest BCUT2D eigenvalue weighted by Gasteiger charge is -2.00. The van der Waals surface area contributed by atoms with Gasteiger partial charge in [-0.1, -0.05) is 0 Å². The molecule has 2 heterocycles. The fourth-order valence-corrected chi connectivity index (χ4v) is 1.85. The SMILES string of the molecule is COc1ccc2nc(-c3cnc(OC)c(F)c3)oc2c1. The van der Waals surface area contributed by atoms with Crippen LogP contribution in [0.25, 0.3) is 22.6 Å². The molecular formula is C14H11FN2O3. The van der Waals surface area contributed by atoms with Crippen LogP contribution in [0.5, 0.6) is 11.6 Å². The lowest BCUT2D eigenvalue weighted by Crippen LogP contribution is -1.92. The van der Waals surface area contributed by atoms with Crippen molar-refractivity contribution in [3.63, 3.8) is 0 Å². The largest absolute Gasteiger partial charge is 0.497 e. The van der Waals surface area contributed by atoms with Crippen LogP contribution >= 0.6 is 0 Å². The second-order valence-electron chi connectivity index (χ2n) is 4.07. The maximum Gasteiger partial charge on any atom is 0.250 e. The summed E-state index contributed by atoms with van der Waals surface area (Å²) in [5.41, 5.74) is 1.67. The van der Waals surface area contributed by atoms with Crippen LogP contribution in [0.3, 0.4) is 0 Å². The highest BCUT2D eigenvalue weighted by molar-refractivity contribution is 5.77. The number of pyridine rings is 1. The fourth-order valence-electron chi connectivity index (χ4n) is 1.85. The second kappa shape index (κ2) is 4.80. The van der Waals surface area contributed by atoms with Crippen LogP contribution in [0.1, 0.15) is 0 Å². The molecule has 0 aliphatic heterocycles. The molecule has 5 nitrogen and oxygen atoms in total. The third-order valence-electron chi connectivity index (χ3n) is 2.84. The van der Waals surface area contributed by atoms with Crippen molar-refractivity contribution in [2.45, 2.75) is 0 Å². The molecule has 0 N–H and O–H groups in total. The Morgan fingerprint density at radius 3 is 2.70 bits per heavy atom. The van der Waals surface area contributed by atoms with Crippen molar-refractivity contribution >= 4 is 11.1 Å². The molecule has 20 heavy (non-hydrogen) atoms. The molecule has 102 valence electrons. The Kier molecular flexibility index (Phi) is 2.98. The van der Waals surface area contributed by atoms with E-state index in [1.165, 1.54) is 19.4 Å². The molecule has 0 saturated heterocycles. The number of nitrogens with zero attached hydrogens (tertiary/aromatic N) is 2. The van der Waals surface area contributed by atoms with Gasteiger partial charge in [-0.2, -0.15) is 0 Å².